The van der Waals surface area contributed by atoms with Crippen LogP contribution in [0.2, 0.25) is 0 Å². The number of benzene rings is 1. The molecule has 0 fully saturated rings. The number of hydrogen-bond acceptors (Lipinski definition) is 5. The Hall–Kier alpha value is -2.08. The van der Waals surface area contributed by atoms with Gasteiger partial charge >= 0.3 is 0 Å². The van der Waals surface area contributed by atoms with Gasteiger partial charge in [0.15, 0.2) is 5.13 Å². The molecule has 1 aromatic carbocycles. The molecule has 1 aromatic heterocycles. The molecule has 1 amide bonds. The standard InChI is InChI=1S/C14H17N3O2S/c1-8(2)11-12(15)20-14(16-11)17-13(18)9-4-6-10(19-3)7-5-9/h4-8H,15H2,1-3H3,(H,16,17,18). The van der Waals surface area contributed by atoms with E-state index in [9.17, 15) is 4.79 Å². The van der Waals surface area contributed by atoms with Crippen LogP contribution in [-0.4, -0.2) is 18.0 Å². The molecule has 106 valence electrons. The second-order valence-corrected chi connectivity index (χ2v) is 5.64. The summed E-state index contributed by atoms with van der Waals surface area (Å²) in [5, 5.41) is 3.92. The zero-order valence-corrected chi connectivity index (χ0v) is 12.5. The van der Waals surface area contributed by atoms with Gasteiger partial charge in [-0.1, -0.05) is 25.2 Å². The third-order valence-electron chi connectivity index (χ3n) is 2.80. The number of methoxy groups -OCH3 is 1. The molecule has 1 heterocycles. The lowest BCUT2D eigenvalue weighted by Gasteiger charge is -2.03. The van der Waals surface area contributed by atoms with Crippen molar-refractivity contribution in [1.29, 1.82) is 0 Å². The summed E-state index contributed by atoms with van der Waals surface area (Å²) in [5.41, 5.74) is 7.25. The second-order valence-electron chi connectivity index (χ2n) is 4.61. The Morgan fingerprint density at radius 1 is 1.35 bits per heavy atom. The molecule has 0 aliphatic heterocycles. The first kappa shape index (κ1) is 14.3. The van der Waals surface area contributed by atoms with Crippen LogP contribution in [-0.2, 0) is 0 Å². The van der Waals surface area contributed by atoms with E-state index in [1.54, 1.807) is 31.4 Å². The monoisotopic (exact) mass is 291 g/mol. The van der Waals surface area contributed by atoms with Crippen molar-refractivity contribution in [3.05, 3.63) is 35.5 Å². The predicted molar refractivity (Wildman–Crippen MR) is 81.6 cm³/mol. The van der Waals surface area contributed by atoms with Crippen molar-refractivity contribution in [3.63, 3.8) is 0 Å². The number of rotatable bonds is 4. The molecule has 0 bridgehead atoms. The molecular weight excluding hydrogens is 274 g/mol. The Kier molecular flexibility index (Phi) is 4.24. The maximum absolute atomic E-state index is 12.1. The van der Waals surface area contributed by atoms with E-state index in [-0.39, 0.29) is 11.8 Å². The van der Waals surface area contributed by atoms with Crippen LogP contribution in [0.15, 0.2) is 24.3 Å². The highest BCUT2D eigenvalue weighted by atomic mass is 32.1. The van der Waals surface area contributed by atoms with E-state index >= 15 is 0 Å². The summed E-state index contributed by atoms with van der Waals surface area (Å²) in [6, 6.07) is 6.89. The molecule has 2 rings (SSSR count). The normalized spacial score (nSPS) is 10.6. The summed E-state index contributed by atoms with van der Waals surface area (Å²) in [6.45, 7) is 4.03. The summed E-state index contributed by atoms with van der Waals surface area (Å²) < 4.78 is 5.05. The predicted octanol–water partition coefficient (Wildman–Crippen LogP) is 3.11. The van der Waals surface area contributed by atoms with Crippen LogP contribution in [0.25, 0.3) is 0 Å². The minimum absolute atomic E-state index is 0.211. The summed E-state index contributed by atoms with van der Waals surface area (Å²) in [6.07, 6.45) is 0. The first-order valence-electron chi connectivity index (χ1n) is 6.23. The van der Waals surface area contributed by atoms with Crippen LogP contribution in [0.1, 0.15) is 35.8 Å². The number of anilines is 2. The minimum Gasteiger partial charge on any atom is -0.497 e. The Bertz CT molecular complexity index is 605. The molecule has 0 unspecified atom stereocenters. The Balaban J connectivity index is 2.12. The molecule has 3 N–H and O–H groups in total. The Morgan fingerprint density at radius 2 is 2.00 bits per heavy atom. The average molecular weight is 291 g/mol. The summed E-state index contributed by atoms with van der Waals surface area (Å²) in [7, 11) is 1.58. The van der Waals surface area contributed by atoms with Gasteiger partial charge in [0.1, 0.15) is 10.8 Å². The highest BCUT2D eigenvalue weighted by Gasteiger charge is 2.14. The number of amides is 1. The lowest BCUT2D eigenvalue weighted by molar-refractivity contribution is 0.102. The third-order valence-corrected chi connectivity index (χ3v) is 3.62. The quantitative estimate of drug-likeness (QED) is 0.907. The fraction of sp³-hybridized carbons (Fsp3) is 0.286. The van der Waals surface area contributed by atoms with E-state index in [0.717, 1.165) is 5.69 Å². The molecule has 0 aliphatic carbocycles. The van der Waals surface area contributed by atoms with Gasteiger partial charge in [-0.3, -0.25) is 10.1 Å². The van der Waals surface area contributed by atoms with Gasteiger partial charge in [-0.15, -0.1) is 0 Å². The van der Waals surface area contributed by atoms with Gasteiger partial charge in [-0.25, -0.2) is 4.98 Å². The van der Waals surface area contributed by atoms with E-state index in [0.29, 0.717) is 21.4 Å². The Morgan fingerprint density at radius 3 is 2.50 bits per heavy atom. The molecule has 0 saturated carbocycles. The van der Waals surface area contributed by atoms with Crippen molar-refractivity contribution >= 4 is 27.4 Å². The van der Waals surface area contributed by atoms with Gasteiger partial charge in [0.25, 0.3) is 5.91 Å². The van der Waals surface area contributed by atoms with Gasteiger partial charge in [0.05, 0.1) is 12.8 Å². The molecule has 2 aromatic rings. The van der Waals surface area contributed by atoms with Crippen LogP contribution in [0.3, 0.4) is 0 Å². The van der Waals surface area contributed by atoms with Gasteiger partial charge < -0.3 is 10.5 Å². The van der Waals surface area contributed by atoms with Crippen LogP contribution in [0.4, 0.5) is 10.1 Å². The molecule has 0 spiro atoms. The van der Waals surface area contributed by atoms with Crippen molar-refractivity contribution in [3.8, 4) is 5.75 Å². The number of carbonyl (C=O) groups excluding carboxylic acids is 1. The number of aromatic nitrogens is 1. The lowest BCUT2D eigenvalue weighted by atomic mass is 10.1. The van der Waals surface area contributed by atoms with E-state index in [4.69, 9.17) is 10.5 Å². The molecule has 20 heavy (non-hydrogen) atoms. The topological polar surface area (TPSA) is 77.2 Å². The van der Waals surface area contributed by atoms with Crippen molar-refractivity contribution in [2.45, 2.75) is 19.8 Å². The maximum Gasteiger partial charge on any atom is 0.257 e. The number of nitrogens with one attached hydrogen (secondary N) is 1. The minimum atomic E-state index is -0.211. The summed E-state index contributed by atoms with van der Waals surface area (Å²) in [5.74, 6) is 0.733. The first-order valence-corrected chi connectivity index (χ1v) is 7.04. The van der Waals surface area contributed by atoms with Crippen molar-refractivity contribution in [2.24, 2.45) is 0 Å². The maximum atomic E-state index is 12.1. The molecule has 5 nitrogen and oxygen atoms in total. The largest absolute Gasteiger partial charge is 0.497 e. The van der Waals surface area contributed by atoms with Crippen molar-refractivity contribution < 1.29 is 9.53 Å². The molecular formula is C14H17N3O2S. The van der Waals surface area contributed by atoms with E-state index < -0.39 is 0 Å². The van der Waals surface area contributed by atoms with Gasteiger partial charge in [-0.2, -0.15) is 0 Å². The summed E-state index contributed by atoms with van der Waals surface area (Å²) in [4.78, 5) is 16.4. The van der Waals surface area contributed by atoms with Gasteiger partial charge in [-0.05, 0) is 30.2 Å². The lowest BCUT2D eigenvalue weighted by Crippen LogP contribution is -2.11. The third kappa shape index (κ3) is 3.08. The SMILES string of the molecule is COc1ccc(C(=O)Nc2nc(C(C)C)c(N)s2)cc1. The van der Waals surface area contributed by atoms with E-state index in [2.05, 4.69) is 10.3 Å². The number of hydrogen-bond donors (Lipinski definition) is 2. The number of carbonyl (C=O) groups is 1. The van der Waals surface area contributed by atoms with E-state index in [1.165, 1.54) is 11.3 Å². The smallest absolute Gasteiger partial charge is 0.257 e. The summed E-state index contributed by atoms with van der Waals surface area (Å²) >= 11 is 1.28. The molecule has 0 saturated heterocycles. The highest BCUT2D eigenvalue weighted by Crippen LogP contribution is 2.30. The first-order chi connectivity index (χ1) is 9.51. The number of thiazole rings is 1. The van der Waals surface area contributed by atoms with Crippen LogP contribution in [0.5, 0.6) is 5.75 Å². The fourth-order valence-electron chi connectivity index (χ4n) is 1.72. The highest BCUT2D eigenvalue weighted by molar-refractivity contribution is 7.19. The van der Waals surface area contributed by atoms with Gasteiger partial charge in [0.2, 0.25) is 0 Å². The number of nitrogen functional groups attached to an aromatic ring is 1. The number of nitrogens with zero attached hydrogens (tertiary/aromatic N) is 1. The van der Waals surface area contributed by atoms with Crippen molar-refractivity contribution in [1.82, 2.24) is 4.98 Å². The molecule has 6 heteroatoms. The zero-order chi connectivity index (χ0) is 14.7. The van der Waals surface area contributed by atoms with Crippen LogP contribution >= 0.6 is 11.3 Å². The fourth-order valence-corrected chi connectivity index (χ4v) is 2.60. The second kappa shape index (κ2) is 5.92. The van der Waals surface area contributed by atoms with Crippen LogP contribution < -0.4 is 15.8 Å². The van der Waals surface area contributed by atoms with Crippen LogP contribution in [0, 0.1) is 0 Å². The average Bonchev–Trinajstić information content (AvgIpc) is 2.79. The van der Waals surface area contributed by atoms with Gasteiger partial charge in [0, 0.05) is 5.56 Å². The Labute approximate surface area is 121 Å². The number of ether oxygens (including phenoxy) is 1. The molecule has 0 radical (unpaired) electrons. The zero-order valence-electron chi connectivity index (χ0n) is 11.6. The molecule has 0 aliphatic rings. The molecule has 0 atom stereocenters. The van der Waals surface area contributed by atoms with Crippen molar-refractivity contribution in [2.75, 3.05) is 18.2 Å². The van der Waals surface area contributed by atoms with E-state index in [1.807, 2.05) is 13.8 Å². The number of nitrogens with two attached hydrogens (primary N) is 1.